The van der Waals surface area contributed by atoms with Crippen molar-refractivity contribution in [3.63, 3.8) is 0 Å². The SMILES string of the molecule is CC1CN(C(=O)CC2CCCCC2)CC(C)O1. The third-order valence-corrected chi connectivity index (χ3v) is 3.96. The van der Waals surface area contributed by atoms with E-state index in [1.165, 1.54) is 32.1 Å². The first-order valence-electron chi connectivity index (χ1n) is 7.08. The van der Waals surface area contributed by atoms with E-state index in [2.05, 4.69) is 13.8 Å². The summed E-state index contributed by atoms with van der Waals surface area (Å²) in [5.74, 6) is 0.989. The zero-order valence-corrected chi connectivity index (χ0v) is 11.2. The summed E-state index contributed by atoms with van der Waals surface area (Å²) >= 11 is 0. The lowest BCUT2D eigenvalue weighted by molar-refractivity contribution is -0.144. The Labute approximate surface area is 105 Å². The van der Waals surface area contributed by atoms with Gasteiger partial charge >= 0.3 is 0 Å². The molecule has 98 valence electrons. The van der Waals surface area contributed by atoms with Crippen LogP contribution in [-0.2, 0) is 9.53 Å². The minimum absolute atomic E-state index is 0.189. The molecule has 2 rings (SSSR count). The second-order valence-electron chi connectivity index (χ2n) is 5.76. The van der Waals surface area contributed by atoms with Crippen LogP contribution in [0.4, 0.5) is 0 Å². The quantitative estimate of drug-likeness (QED) is 0.741. The van der Waals surface area contributed by atoms with E-state index in [-0.39, 0.29) is 12.2 Å². The first-order valence-corrected chi connectivity index (χ1v) is 7.08. The number of carbonyl (C=O) groups excluding carboxylic acids is 1. The van der Waals surface area contributed by atoms with Crippen molar-refractivity contribution < 1.29 is 9.53 Å². The van der Waals surface area contributed by atoms with Gasteiger partial charge in [-0.05, 0) is 32.6 Å². The zero-order valence-electron chi connectivity index (χ0n) is 11.2. The second kappa shape index (κ2) is 5.85. The lowest BCUT2D eigenvalue weighted by Gasteiger charge is -2.36. The molecule has 0 aromatic heterocycles. The Kier molecular flexibility index (Phi) is 4.43. The third-order valence-electron chi connectivity index (χ3n) is 3.96. The van der Waals surface area contributed by atoms with E-state index in [9.17, 15) is 4.79 Å². The lowest BCUT2D eigenvalue weighted by atomic mass is 9.86. The van der Waals surface area contributed by atoms with Gasteiger partial charge in [0.1, 0.15) is 0 Å². The molecule has 1 heterocycles. The molecule has 3 nitrogen and oxygen atoms in total. The van der Waals surface area contributed by atoms with E-state index >= 15 is 0 Å². The van der Waals surface area contributed by atoms with Crippen LogP contribution >= 0.6 is 0 Å². The Bertz CT molecular complexity index is 251. The molecule has 0 spiro atoms. The summed E-state index contributed by atoms with van der Waals surface area (Å²) in [6, 6.07) is 0. The number of morpholine rings is 1. The molecule has 1 aliphatic carbocycles. The Morgan fingerprint density at radius 1 is 1.12 bits per heavy atom. The predicted octanol–water partition coefficient (Wildman–Crippen LogP) is 2.59. The summed E-state index contributed by atoms with van der Waals surface area (Å²) in [7, 11) is 0. The molecule has 17 heavy (non-hydrogen) atoms. The molecule has 0 aromatic rings. The van der Waals surface area contributed by atoms with Gasteiger partial charge in [0.25, 0.3) is 0 Å². The van der Waals surface area contributed by atoms with Crippen molar-refractivity contribution >= 4 is 5.91 Å². The topological polar surface area (TPSA) is 29.5 Å². The molecular formula is C14H25NO2. The number of nitrogens with zero attached hydrogens (tertiary/aromatic N) is 1. The van der Waals surface area contributed by atoms with Crippen LogP contribution < -0.4 is 0 Å². The van der Waals surface area contributed by atoms with E-state index in [0.29, 0.717) is 11.8 Å². The molecule has 1 saturated carbocycles. The van der Waals surface area contributed by atoms with Crippen molar-refractivity contribution in [1.29, 1.82) is 0 Å². The summed E-state index contributed by atoms with van der Waals surface area (Å²) in [6.07, 6.45) is 7.63. The van der Waals surface area contributed by atoms with Crippen LogP contribution in [0.15, 0.2) is 0 Å². The normalized spacial score (nSPS) is 31.5. The standard InChI is InChI=1S/C14H25NO2/c1-11-9-15(10-12(2)17-11)14(16)8-13-6-4-3-5-7-13/h11-13H,3-10H2,1-2H3. The van der Waals surface area contributed by atoms with Crippen molar-refractivity contribution in [2.24, 2.45) is 5.92 Å². The van der Waals surface area contributed by atoms with Gasteiger partial charge in [-0.2, -0.15) is 0 Å². The zero-order chi connectivity index (χ0) is 12.3. The smallest absolute Gasteiger partial charge is 0.223 e. The molecule has 2 unspecified atom stereocenters. The minimum Gasteiger partial charge on any atom is -0.372 e. The molecule has 3 heteroatoms. The van der Waals surface area contributed by atoms with Gasteiger partial charge in [0.05, 0.1) is 12.2 Å². The Morgan fingerprint density at radius 2 is 1.71 bits per heavy atom. The first kappa shape index (κ1) is 12.9. The molecule has 2 atom stereocenters. The van der Waals surface area contributed by atoms with Crippen LogP contribution in [0.5, 0.6) is 0 Å². The van der Waals surface area contributed by atoms with Crippen molar-refractivity contribution in [2.45, 2.75) is 64.6 Å². The van der Waals surface area contributed by atoms with Crippen molar-refractivity contribution in [3.05, 3.63) is 0 Å². The lowest BCUT2D eigenvalue weighted by Crippen LogP contribution is -2.48. The van der Waals surface area contributed by atoms with Gasteiger partial charge in [-0.25, -0.2) is 0 Å². The molecule has 0 bridgehead atoms. The van der Waals surface area contributed by atoms with Gasteiger partial charge in [-0.15, -0.1) is 0 Å². The van der Waals surface area contributed by atoms with E-state index in [0.717, 1.165) is 19.5 Å². The first-order chi connectivity index (χ1) is 8.15. The largest absolute Gasteiger partial charge is 0.372 e. The maximum absolute atomic E-state index is 12.2. The van der Waals surface area contributed by atoms with Gasteiger partial charge < -0.3 is 9.64 Å². The number of amides is 1. The van der Waals surface area contributed by atoms with E-state index in [1.807, 2.05) is 4.90 Å². The number of rotatable bonds is 2. The molecule has 1 aliphatic heterocycles. The fourth-order valence-electron chi connectivity index (χ4n) is 3.15. The Balaban J connectivity index is 1.81. The molecule has 0 radical (unpaired) electrons. The van der Waals surface area contributed by atoms with E-state index in [1.54, 1.807) is 0 Å². The van der Waals surface area contributed by atoms with Crippen molar-refractivity contribution in [3.8, 4) is 0 Å². The van der Waals surface area contributed by atoms with Crippen molar-refractivity contribution in [2.75, 3.05) is 13.1 Å². The van der Waals surface area contributed by atoms with E-state index < -0.39 is 0 Å². The molecule has 2 aliphatic rings. The van der Waals surface area contributed by atoms with Crippen LogP contribution in [0.25, 0.3) is 0 Å². The Morgan fingerprint density at radius 3 is 2.29 bits per heavy atom. The number of ether oxygens (including phenoxy) is 1. The summed E-state index contributed by atoms with van der Waals surface area (Å²) in [5, 5.41) is 0. The van der Waals surface area contributed by atoms with Gasteiger partial charge in [0, 0.05) is 19.5 Å². The summed E-state index contributed by atoms with van der Waals surface area (Å²) in [4.78, 5) is 14.2. The maximum atomic E-state index is 12.2. The van der Waals surface area contributed by atoms with Crippen LogP contribution in [0.1, 0.15) is 52.4 Å². The van der Waals surface area contributed by atoms with Gasteiger partial charge in [-0.3, -0.25) is 4.79 Å². The molecular weight excluding hydrogens is 214 g/mol. The van der Waals surface area contributed by atoms with Gasteiger partial charge in [0.2, 0.25) is 5.91 Å². The molecule has 1 amide bonds. The highest BCUT2D eigenvalue weighted by atomic mass is 16.5. The average molecular weight is 239 g/mol. The second-order valence-corrected chi connectivity index (χ2v) is 5.76. The van der Waals surface area contributed by atoms with Crippen LogP contribution in [0.3, 0.4) is 0 Å². The van der Waals surface area contributed by atoms with Crippen LogP contribution in [-0.4, -0.2) is 36.1 Å². The molecule has 2 fully saturated rings. The third kappa shape index (κ3) is 3.70. The van der Waals surface area contributed by atoms with Crippen LogP contribution in [0, 0.1) is 5.92 Å². The summed E-state index contributed by atoms with van der Waals surface area (Å²) < 4.78 is 5.66. The van der Waals surface area contributed by atoms with Crippen molar-refractivity contribution in [1.82, 2.24) is 4.90 Å². The van der Waals surface area contributed by atoms with Gasteiger partial charge in [0.15, 0.2) is 0 Å². The predicted molar refractivity (Wildman–Crippen MR) is 67.8 cm³/mol. The van der Waals surface area contributed by atoms with Gasteiger partial charge in [-0.1, -0.05) is 19.3 Å². The summed E-state index contributed by atoms with van der Waals surface area (Å²) in [6.45, 7) is 5.65. The molecule has 0 N–H and O–H groups in total. The van der Waals surface area contributed by atoms with Crippen LogP contribution in [0.2, 0.25) is 0 Å². The average Bonchev–Trinajstić information content (AvgIpc) is 2.29. The van der Waals surface area contributed by atoms with E-state index in [4.69, 9.17) is 4.74 Å². The monoisotopic (exact) mass is 239 g/mol. The number of hydrogen-bond donors (Lipinski definition) is 0. The highest BCUT2D eigenvalue weighted by molar-refractivity contribution is 5.76. The number of hydrogen-bond acceptors (Lipinski definition) is 2. The Hall–Kier alpha value is -0.570. The fourth-order valence-corrected chi connectivity index (χ4v) is 3.15. The highest BCUT2D eigenvalue weighted by Gasteiger charge is 2.27. The molecule has 1 saturated heterocycles. The summed E-state index contributed by atoms with van der Waals surface area (Å²) in [5.41, 5.74) is 0. The maximum Gasteiger partial charge on any atom is 0.223 e. The highest BCUT2D eigenvalue weighted by Crippen LogP contribution is 2.27. The minimum atomic E-state index is 0.189. The number of carbonyl (C=O) groups is 1. The molecule has 0 aromatic carbocycles. The fraction of sp³-hybridized carbons (Fsp3) is 0.929.